The maximum atomic E-state index is 12.0. The molecule has 3 aliphatic rings. The second-order valence-electron chi connectivity index (χ2n) is 8.90. The summed E-state index contributed by atoms with van der Waals surface area (Å²) in [5.41, 5.74) is 5.24. The smallest absolute Gasteiger partial charge is 0.222 e. The first kappa shape index (κ1) is 23.9. The number of hydrogen-bond donors (Lipinski definition) is 1. The van der Waals surface area contributed by atoms with E-state index < -0.39 is 0 Å². The number of nitrogens with zero attached hydrogens (tertiary/aromatic N) is 3. The molecule has 2 aromatic rings. The Morgan fingerprint density at radius 3 is 2.91 bits per heavy atom. The first-order chi connectivity index (χ1) is 15.7. The lowest BCUT2D eigenvalue weighted by Gasteiger charge is -2.23. The van der Waals surface area contributed by atoms with Crippen LogP contribution in [0.4, 0.5) is 5.69 Å². The third-order valence-corrected chi connectivity index (χ3v) is 6.91. The number of hydrogen-bond acceptors (Lipinski definition) is 3. The zero-order chi connectivity index (χ0) is 21.9. The summed E-state index contributed by atoms with van der Waals surface area (Å²) < 4.78 is 5.62. The number of aliphatic imine (C=N–C) groups is 1. The van der Waals surface area contributed by atoms with Gasteiger partial charge in [-0.3, -0.25) is 9.79 Å². The predicted molar refractivity (Wildman–Crippen MR) is 143 cm³/mol. The van der Waals surface area contributed by atoms with Gasteiger partial charge in [0.2, 0.25) is 5.91 Å². The Morgan fingerprint density at radius 1 is 1.21 bits per heavy atom. The van der Waals surface area contributed by atoms with E-state index in [4.69, 9.17) is 4.74 Å². The van der Waals surface area contributed by atoms with E-state index in [2.05, 4.69) is 57.7 Å². The summed E-state index contributed by atoms with van der Waals surface area (Å²) >= 11 is 0. The van der Waals surface area contributed by atoms with E-state index in [-0.39, 0.29) is 24.0 Å². The first-order valence-electron chi connectivity index (χ1n) is 11.8. The Morgan fingerprint density at radius 2 is 2.09 bits per heavy atom. The first-order valence-corrected chi connectivity index (χ1v) is 11.8. The molecule has 1 fully saturated rings. The minimum atomic E-state index is 0. The van der Waals surface area contributed by atoms with Crippen molar-refractivity contribution >= 4 is 41.5 Å². The molecule has 5 rings (SSSR count). The monoisotopic (exact) mass is 560 g/mol. The van der Waals surface area contributed by atoms with E-state index in [1.54, 1.807) is 0 Å². The molecule has 7 heteroatoms. The number of nitrogens with one attached hydrogen (secondary N) is 1. The molecule has 0 radical (unpaired) electrons. The van der Waals surface area contributed by atoms with Crippen molar-refractivity contribution in [2.45, 2.75) is 38.0 Å². The summed E-state index contributed by atoms with van der Waals surface area (Å²) in [4.78, 5) is 20.9. The number of rotatable bonds is 6. The van der Waals surface area contributed by atoms with Crippen LogP contribution in [-0.4, -0.2) is 56.6 Å². The molecule has 33 heavy (non-hydrogen) atoms. The van der Waals surface area contributed by atoms with Crippen LogP contribution < -0.4 is 15.0 Å². The summed E-state index contributed by atoms with van der Waals surface area (Å²) in [7, 11) is 1.86. The third-order valence-electron chi connectivity index (χ3n) is 6.91. The molecule has 1 atom stereocenters. The minimum Gasteiger partial charge on any atom is -0.493 e. The molecule has 1 saturated heterocycles. The average Bonchev–Trinajstić information content (AvgIpc) is 3.54. The molecule has 3 heterocycles. The Hall–Kier alpha value is -2.29. The van der Waals surface area contributed by atoms with Crippen molar-refractivity contribution in [3.05, 3.63) is 59.2 Å². The van der Waals surface area contributed by atoms with E-state index >= 15 is 0 Å². The van der Waals surface area contributed by atoms with Crippen LogP contribution in [-0.2, 0) is 17.6 Å². The topological polar surface area (TPSA) is 57.2 Å². The lowest BCUT2D eigenvalue weighted by atomic mass is 9.98. The number of guanidine groups is 1. The van der Waals surface area contributed by atoms with Gasteiger partial charge < -0.3 is 19.9 Å². The van der Waals surface area contributed by atoms with Gasteiger partial charge in [0.05, 0.1) is 6.61 Å². The predicted octanol–water partition coefficient (Wildman–Crippen LogP) is 3.97. The molecule has 0 saturated carbocycles. The van der Waals surface area contributed by atoms with E-state index in [0.29, 0.717) is 18.2 Å². The Bertz CT molecular complexity index is 1030. The molecule has 2 aromatic carbocycles. The van der Waals surface area contributed by atoms with Crippen molar-refractivity contribution in [2.75, 3.05) is 44.7 Å². The van der Waals surface area contributed by atoms with Gasteiger partial charge in [-0.1, -0.05) is 30.3 Å². The summed E-state index contributed by atoms with van der Waals surface area (Å²) in [6, 6.07) is 15.2. The maximum Gasteiger partial charge on any atom is 0.222 e. The normalized spacial score (nSPS) is 19.2. The van der Waals surface area contributed by atoms with Crippen molar-refractivity contribution in [1.82, 2.24) is 10.2 Å². The number of para-hydroxylation sites is 1. The highest BCUT2D eigenvalue weighted by molar-refractivity contribution is 14.0. The van der Waals surface area contributed by atoms with Crippen molar-refractivity contribution in [3.8, 4) is 5.75 Å². The molecule has 0 aliphatic carbocycles. The fourth-order valence-electron chi connectivity index (χ4n) is 5.20. The standard InChI is InChI=1S/C26H32N4O2.HI/c1-27-26(28-13-10-19-8-9-24-20(17-19)12-16-32-24)30-18-21(22-5-2-3-6-23(22)30)11-15-29-14-4-7-25(29)31;/h2-3,5-6,8-9,17,21H,4,7,10-16,18H2,1H3,(H,27,28);1H. The number of anilines is 1. The number of benzene rings is 2. The lowest BCUT2D eigenvalue weighted by molar-refractivity contribution is -0.127. The zero-order valence-corrected chi connectivity index (χ0v) is 21.6. The largest absolute Gasteiger partial charge is 0.493 e. The van der Waals surface area contributed by atoms with Crippen LogP contribution in [0.3, 0.4) is 0 Å². The molecule has 3 aliphatic heterocycles. The summed E-state index contributed by atoms with van der Waals surface area (Å²) in [6.07, 6.45) is 4.66. The molecule has 0 aromatic heterocycles. The molecular weight excluding hydrogens is 527 g/mol. The van der Waals surface area contributed by atoms with Gasteiger partial charge in [-0.15, -0.1) is 24.0 Å². The second-order valence-corrected chi connectivity index (χ2v) is 8.90. The maximum absolute atomic E-state index is 12.0. The van der Waals surface area contributed by atoms with Gasteiger partial charge in [-0.2, -0.15) is 0 Å². The molecule has 176 valence electrons. The van der Waals surface area contributed by atoms with Gasteiger partial charge in [-0.25, -0.2) is 0 Å². The summed E-state index contributed by atoms with van der Waals surface area (Å²) in [5.74, 6) is 2.67. The molecular formula is C26H33IN4O2. The molecule has 0 spiro atoms. The molecule has 1 unspecified atom stereocenters. The zero-order valence-electron chi connectivity index (χ0n) is 19.3. The Labute approximate surface area is 213 Å². The van der Waals surface area contributed by atoms with E-state index in [0.717, 1.165) is 70.2 Å². The number of amides is 1. The van der Waals surface area contributed by atoms with Gasteiger partial charge in [0.25, 0.3) is 0 Å². The van der Waals surface area contributed by atoms with E-state index in [1.807, 2.05) is 11.9 Å². The van der Waals surface area contributed by atoms with Gasteiger partial charge in [0, 0.05) is 57.7 Å². The molecule has 1 N–H and O–H groups in total. The van der Waals surface area contributed by atoms with Gasteiger partial charge in [0.15, 0.2) is 5.96 Å². The average molecular weight is 560 g/mol. The van der Waals surface area contributed by atoms with E-state index in [1.165, 1.54) is 22.4 Å². The second kappa shape index (κ2) is 10.8. The molecule has 0 bridgehead atoms. The minimum absolute atomic E-state index is 0. The molecule has 1 amide bonds. The van der Waals surface area contributed by atoms with E-state index in [9.17, 15) is 4.79 Å². The Balaban J connectivity index is 0.00000259. The van der Waals surface area contributed by atoms with Crippen LogP contribution in [0.15, 0.2) is 47.5 Å². The number of carbonyl (C=O) groups excluding carboxylic acids is 1. The van der Waals surface area contributed by atoms with Crippen LogP contribution in [0.5, 0.6) is 5.75 Å². The van der Waals surface area contributed by atoms with Crippen molar-refractivity contribution < 1.29 is 9.53 Å². The lowest BCUT2D eigenvalue weighted by Crippen LogP contribution is -2.42. The van der Waals surface area contributed by atoms with Crippen LogP contribution in [0.25, 0.3) is 0 Å². The number of likely N-dealkylation sites (tertiary alicyclic amines) is 1. The SMILES string of the molecule is CN=C(NCCc1ccc2c(c1)CCO2)N1CC(CCN2CCCC2=O)c2ccccc21.I. The van der Waals surface area contributed by atoms with Crippen LogP contribution in [0, 0.1) is 0 Å². The van der Waals surface area contributed by atoms with Crippen molar-refractivity contribution in [2.24, 2.45) is 4.99 Å². The number of fused-ring (bicyclic) bond motifs is 2. The van der Waals surface area contributed by atoms with Crippen LogP contribution >= 0.6 is 24.0 Å². The third kappa shape index (κ3) is 5.13. The molecule has 6 nitrogen and oxygen atoms in total. The van der Waals surface area contributed by atoms with Gasteiger partial charge >= 0.3 is 0 Å². The summed E-state index contributed by atoms with van der Waals surface area (Å²) in [6.45, 7) is 4.29. The number of ether oxygens (including phenoxy) is 1. The number of carbonyl (C=O) groups is 1. The van der Waals surface area contributed by atoms with Crippen molar-refractivity contribution in [3.63, 3.8) is 0 Å². The summed E-state index contributed by atoms with van der Waals surface area (Å²) in [5, 5.41) is 3.57. The number of halogens is 1. The van der Waals surface area contributed by atoms with Gasteiger partial charge in [0.1, 0.15) is 5.75 Å². The highest BCUT2D eigenvalue weighted by Crippen LogP contribution is 2.38. The fourth-order valence-corrected chi connectivity index (χ4v) is 5.20. The van der Waals surface area contributed by atoms with Crippen molar-refractivity contribution in [1.29, 1.82) is 0 Å². The van der Waals surface area contributed by atoms with Gasteiger partial charge in [-0.05, 0) is 48.1 Å². The quantitative estimate of drug-likeness (QED) is 0.330. The van der Waals surface area contributed by atoms with Crippen LogP contribution in [0.1, 0.15) is 41.9 Å². The van der Waals surface area contributed by atoms with Crippen LogP contribution in [0.2, 0.25) is 0 Å². The highest BCUT2D eigenvalue weighted by Gasteiger charge is 2.32. The Kier molecular flexibility index (Phi) is 7.78. The highest BCUT2D eigenvalue weighted by atomic mass is 127. The fraction of sp³-hybridized carbons (Fsp3) is 0.462.